The van der Waals surface area contributed by atoms with Crippen molar-refractivity contribution in [1.29, 1.82) is 0 Å². The number of aromatic nitrogens is 2. The van der Waals surface area contributed by atoms with Crippen molar-refractivity contribution in [3.63, 3.8) is 0 Å². The van der Waals surface area contributed by atoms with Crippen LogP contribution in [0, 0.1) is 12.3 Å². The first-order chi connectivity index (χ1) is 11.0. The highest BCUT2D eigenvalue weighted by atomic mass is 32.2. The van der Waals surface area contributed by atoms with Crippen LogP contribution in [0.2, 0.25) is 0 Å². The summed E-state index contributed by atoms with van der Waals surface area (Å²) in [5.74, 6) is 1.21. The van der Waals surface area contributed by atoms with Gasteiger partial charge in [-0.1, -0.05) is 18.0 Å². The van der Waals surface area contributed by atoms with Gasteiger partial charge < -0.3 is 9.26 Å². The van der Waals surface area contributed by atoms with E-state index < -0.39 is 10.0 Å². The first-order valence-electron chi connectivity index (χ1n) is 8.35. The third-order valence-corrected chi connectivity index (χ3v) is 6.27. The maximum absolute atomic E-state index is 12.2. The van der Waals surface area contributed by atoms with Crippen LogP contribution in [0.25, 0.3) is 0 Å². The average molecular weight is 343 g/mol. The van der Waals surface area contributed by atoms with E-state index in [0.29, 0.717) is 31.1 Å². The molecule has 8 heteroatoms. The van der Waals surface area contributed by atoms with Crippen molar-refractivity contribution >= 4 is 10.0 Å². The first kappa shape index (κ1) is 16.9. The zero-order chi connectivity index (χ0) is 16.3. The Morgan fingerprint density at radius 3 is 2.83 bits per heavy atom. The zero-order valence-corrected chi connectivity index (χ0v) is 14.4. The predicted molar refractivity (Wildman–Crippen MR) is 84.4 cm³/mol. The molecule has 1 aromatic heterocycles. The molecule has 1 atom stereocenters. The second kappa shape index (κ2) is 6.86. The Morgan fingerprint density at radius 1 is 1.35 bits per heavy atom. The number of sulfonamides is 1. The highest BCUT2D eigenvalue weighted by Gasteiger charge is 2.43. The Morgan fingerprint density at radius 2 is 2.13 bits per heavy atom. The van der Waals surface area contributed by atoms with Crippen molar-refractivity contribution in [3.8, 4) is 0 Å². The van der Waals surface area contributed by atoms with E-state index in [2.05, 4.69) is 14.9 Å². The molecule has 0 amide bonds. The van der Waals surface area contributed by atoms with E-state index >= 15 is 0 Å². The van der Waals surface area contributed by atoms with Gasteiger partial charge in [0.05, 0.1) is 18.5 Å². The van der Waals surface area contributed by atoms with Gasteiger partial charge >= 0.3 is 0 Å². The summed E-state index contributed by atoms with van der Waals surface area (Å²) in [5.41, 5.74) is 0.260. The van der Waals surface area contributed by atoms with Crippen LogP contribution < -0.4 is 4.72 Å². The summed E-state index contributed by atoms with van der Waals surface area (Å²) in [6, 6.07) is 0. The fourth-order valence-electron chi connectivity index (χ4n) is 3.69. The van der Waals surface area contributed by atoms with Gasteiger partial charge in [0.2, 0.25) is 15.9 Å². The minimum atomic E-state index is -3.30. The standard InChI is InChI=1S/C15H25N3O4S/c1-12-17-14(22-18-12)5-4-8-16-23(19,20)10-13-9-15(11-21-13)6-2-3-7-15/h13,16H,2-11H2,1H3. The molecule has 0 aromatic carbocycles. The van der Waals surface area contributed by atoms with Gasteiger partial charge in [-0.15, -0.1) is 0 Å². The lowest BCUT2D eigenvalue weighted by Gasteiger charge is -2.19. The van der Waals surface area contributed by atoms with Crippen LogP contribution in [0.15, 0.2) is 4.52 Å². The summed E-state index contributed by atoms with van der Waals surface area (Å²) in [5, 5.41) is 3.71. The molecule has 1 spiro atoms. The third-order valence-electron chi connectivity index (χ3n) is 4.81. The number of hydrogen-bond acceptors (Lipinski definition) is 6. The van der Waals surface area contributed by atoms with Gasteiger partial charge in [0, 0.05) is 13.0 Å². The smallest absolute Gasteiger partial charge is 0.226 e. The van der Waals surface area contributed by atoms with Crippen molar-refractivity contribution in [1.82, 2.24) is 14.9 Å². The van der Waals surface area contributed by atoms with Gasteiger partial charge in [-0.3, -0.25) is 0 Å². The van der Waals surface area contributed by atoms with Gasteiger partial charge in [0.15, 0.2) is 5.82 Å². The molecule has 1 saturated carbocycles. The van der Waals surface area contributed by atoms with Gasteiger partial charge in [-0.25, -0.2) is 13.1 Å². The van der Waals surface area contributed by atoms with Crippen molar-refractivity contribution in [2.45, 2.75) is 58.0 Å². The van der Waals surface area contributed by atoms with Crippen LogP contribution in [0.1, 0.15) is 50.2 Å². The molecule has 2 aliphatic rings. The van der Waals surface area contributed by atoms with E-state index in [0.717, 1.165) is 13.0 Å². The van der Waals surface area contributed by atoms with E-state index in [-0.39, 0.29) is 17.3 Å². The molecule has 1 N–H and O–H groups in total. The Kier molecular flexibility index (Phi) is 5.03. The normalized spacial score (nSPS) is 23.8. The number of nitrogens with zero attached hydrogens (tertiary/aromatic N) is 2. The molecule has 1 aliphatic heterocycles. The SMILES string of the molecule is Cc1noc(CCCNS(=O)(=O)CC2CC3(CCCC3)CO2)n1. The van der Waals surface area contributed by atoms with Crippen molar-refractivity contribution in [2.75, 3.05) is 18.9 Å². The molecule has 1 aromatic rings. The van der Waals surface area contributed by atoms with Crippen molar-refractivity contribution in [3.05, 3.63) is 11.7 Å². The lowest BCUT2D eigenvalue weighted by atomic mass is 9.84. The largest absolute Gasteiger partial charge is 0.377 e. The number of hydrogen-bond donors (Lipinski definition) is 1. The second-order valence-corrected chi connectivity index (χ2v) is 8.71. The highest BCUT2D eigenvalue weighted by Crippen LogP contribution is 2.46. The number of ether oxygens (including phenoxy) is 1. The molecule has 1 unspecified atom stereocenters. The molecule has 23 heavy (non-hydrogen) atoms. The van der Waals surface area contributed by atoms with E-state index in [1.54, 1.807) is 6.92 Å². The number of nitrogens with one attached hydrogen (secondary N) is 1. The molecule has 2 fully saturated rings. The molecular weight excluding hydrogens is 318 g/mol. The van der Waals surface area contributed by atoms with E-state index in [1.807, 2.05) is 0 Å². The molecule has 2 heterocycles. The minimum Gasteiger partial charge on any atom is -0.377 e. The van der Waals surface area contributed by atoms with Gasteiger partial charge in [0.25, 0.3) is 0 Å². The molecule has 0 radical (unpaired) electrons. The monoisotopic (exact) mass is 343 g/mol. The number of aryl methyl sites for hydroxylation is 2. The fourth-order valence-corrected chi connectivity index (χ4v) is 4.97. The van der Waals surface area contributed by atoms with Crippen LogP contribution in [-0.2, 0) is 21.2 Å². The lowest BCUT2D eigenvalue weighted by molar-refractivity contribution is 0.108. The maximum Gasteiger partial charge on any atom is 0.226 e. The van der Waals surface area contributed by atoms with Crippen molar-refractivity contribution in [2.24, 2.45) is 5.41 Å². The van der Waals surface area contributed by atoms with Gasteiger partial charge in [0.1, 0.15) is 0 Å². The predicted octanol–water partition coefficient (Wildman–Crippen LogP) is 1.58. The summed E-state index contributed by atoms with van der Waals surface area (Å²) in [4.78, 5) is 4.09. The molecule has 3 rings (SSSR count). The van der Waals surface area contributed by atoms with Crippen LogP contribution in [0.5, 0.6) is 0 Å². The lowest BCUT2D eigenvalue weighted by Crippen LogP contribution is -2.33. The van der Waals surface area contributed by atoms with E-state index in [4.69, 9.17) is 9.26 Å². The topological polar surface area (TPSA) is 94.3 Å². The Hall–Kier alpha value is -0.990. The zero-order valence-electron chi connectivity index (χ0n) is 13.6. The molecule has 130 valence electrons. The highest BCUT2D eigenvalue weighted by molar-refractivity contribution is 7.89. The Bertz CT molecular complexity index is 622. The van der Waals surface area contributed by atoms with Gasteiger partial charge in [-0.05, 0) is 38.0 Å². The Balaban J connectivity index is 1.39. The van der Waals surface area contributed by atoms with Crippen LogP contribution in [-0.4, -0.2) is 43.6 Å². The van der Waals surface area contributed by atoms with E-state index in [1.165, 1.54) is 25.7 Å². The Labute approximate surface area is 137 Å². The number of rotatable bonds is 7. The van der Waals surface area contributed by atoms with Crippen LogP contribution in [0.3, 0.4) is 0 Å². The maximum atomic E-state index is 12.2. The molecule has 7 nitrogen and oxygen atoms in total. The summed E-state index contributed by atoms with van der Waals surface area (Å²) in [6.07, 6.45) is 6.79. The molecule has 0 bridgehead atoms. The third kappa shape index (κ3) is 4.51. The summed E-state index contributed by atoms with van der Waals surface area (Å²) < 4.78 is 37.7. The quantitative estimate of drug-likeness (QED) is 0.755. The van der Waals surface area contributed by atoms with Gasteiger partial charge in [-0.2, -0.15) is 4.98 Å². The van der Waals surface area contributed by atoms with Crippen molar-refractivity contribution < 1.29 is 17.7 Å². The second-order valence-electron chi connectivity index (χ2n) is 6.86. The average Bonchev–Trinajstić information content (AvgIpc) is 3.19. The summed E-state index contributed by atoms with van der Waals surface area (Å²) >= 11 is 0. The van der Waals surface area contributed by atoms with Crippen LogP contribution >= 0.6 is 0 Å². The summed E-state index contributed by atoms with van der Waals surface area (Å²) in [7, 11) is -3.30. The molecule has 1 saturated heterocycles. The molecular formula is C15H25N3O4S. The fraction of sp³-hybridized carbons (Fsp3) is 0.867. The molecule has 1 aliphatic carbocycles. The minimum absolute atomic E-state index is 0.0639. The first-order valence-corrected chi connectivity index (χ1v) is 10.00. The van der Waals surface area contributed by atoms with Crippen LogP contribution in [0.4, 0.5) is 0 Å². The van der Waals surface area contributed by atoms with E-state index in [9.17, 15) is 8.42 Å². The summed E-state index contributed by atoms with van der Waals surface area (Å²) in [6.45, 7) is 2.86.